The largest absolute Gasteiger partial charge is 0.309 e. The Morgan fingerprint density at radius 1 is 1.40 bits per heavy atom. The summed E-state index contributed by atoms with van der Waals surface area (Å²) in [6.07, 6.45) is 10.4. The van der Waals surface area contributed by atoms with Crippen molar-refractivity contribution >= 4 is 11.3 Å². The number of hydrogen-bond acceptors (Lipinski definition) is 3. The molecule has 2 aromatic heterocycles. The average molecular weight is 289 g/mol. The lowest BCUT2D eigenvalue weighted by atomic mass is 9.98. The van der Waals surface area contributed by atoms with Gasteiger partial charge in [-0.2, -0.15) is 5.10 Å². The lowest BCUT2D eigenvalue weighted by Crippen LogP contribution is -2.21. The fraction of sp³-hybridized carbons (Fsp3) is 0.562. The van der Waals surface area contributed by atoms with Crippen molar-refractivity contribution in [1.82, 2.24) is 15.1 Å². The van der Waals surface area contributed by atoms with Crippen LogP contribution in [-0.2, 0) is 26.3 Å². The Morgan fingerprint density at radius 2 is 2.25 bits per heavy atom. The summed E-state index contributed by atoms with van der Waals surface area (Å²) in [6.45, 7) is 3.19. The first kappa shape index (κ1) is 13.8. The number of thiophene rings is 1. The molecule has 0 fully saturated rings. The molecule has 2 heterocycles. The van der Waals surface area contributed by atoms with Crippen LogP contribution in [0.5, 0.6) is 0 Å². The van der Waals surface area contributed by atoms with Crippen LogP contribution < -0.4 is 5.32 Å². The summed E-state index contributed by atoms with van der Waals surface area (Å²) in [5.74, 6) is 0. The monoisotopic (exact) mass is 289 g/mol. The average Bonchev–Trinajstić information content (AvgIpc) is 3.04. The molecule has 0 amide bonds. The third-order valence-corrected chi connectivity index (χ3v) is 5.36. The van der Waals surface area contributed by atoms with Crippen LogP contribution in [0.4, 0.5) is 0 Å². The molecule has 20 heavy (non-hydrogen) atoms. The van der Waals surface area contributed by atoms with Crippen molar-refractivity contribution in [3.05, 3.63) is 39.3 Å². The van der Waals surface area contributed by atoms with Crippen molar-refractivity contribution in [3.8, 4) is 0 Å². The van der Waals surface area contributed by atoms with Gasteiger partial charge in [-0.1, -0.05) is 6.92 Å². The molecule has 0 aliphatic heterocycles. The fourth-order valence-electron chi connectivity index (χ4n) is 3.02. The molecule has 1 aliphatic carbocycles. The van der Waals surface area contributed by atoms with E-state index < -0.39 is 0 Å². The van der Waals surface area contributed by atoms with Crippen LogP contribution in [0.3, 0.4) is 0 Å². The van der Waals surface area contributed by atoms with Crippen molar-refractivity contribution in [2.45, 2.75) is 45.1 Å². The van der Waals surface area contributed by atoms with Gasteiger partial charge in [-0.3, -0.25) is 4.68 Å². The minimum atomic E-state index is 0.430. The summed E-state index contributed by atoms with van der Waals surface area (Å²) in [5.41, 5.74) is 2.91. The molecule has 1 aliphatic rings. The number of fused-ring (bicyclic) bond motifs is 1. The summed E-state index contributed by atoms with van der Waals surface area (Å²) in [4.78, 5) is 3.13. The molecular weight excluding hydrogens is 266 g/mol. The second kappa shape index (κ2) is 6.10. The van der Waals surface area contributed by atoms with E-state index in [2.05, 4.69) is 29.6 Å². The molecule has 0 bridgehead atoms. The van der Waals surface area contributed by atoms with Gasteiger partial charge in [0.1, 0.15) is 0 Å². The third-order valence-electron chi connectivity index (χ3n) is 4.01. The zero-order valence-corrected chi connectivity index (χ0v) is 13.2. The molecule has 0 radical (unpaired) electrons. The zero-order valence-electron chi connectivity index (χ0n) is 12.4. The predicted molar refractivity (Wildman–Crippen MR) is 84.3 cm³/mol. The summed E-state index contributed by atoms with van der Waals surface area (Å²) in [7, 11) is 1.98. The fourth-order valence-corrected chi connectivity index (χ4v) is 4.35. The van der Waals surface area contributed by atoms with Crippen molar-refractivity contribution in [2.24, 2.45) is 7.05 Å². The number of nitrogens with one attached hydrogen (secondary N) is 1. The summed E-state index contributed by atoms with van der Waals surface area (Å²) in [5, 5.41) is 7.92. The van der Waals surface area contributed by atoms with Gasteiger partial charge in [0, 0.05) is 29.0 Å². The Bertz CT molecular complexity index is 547. The highest BCUT2D eigenvalue weighted by Crippen LogP contribution is 2.34. The SMILES string of the molecule is CCNC(Cc1cnn(C)c1)c1cc2c(s1)CCCC2. The lowest BCUT2D eigenvalue weighted by molar-refractivity contribution is 0.557. The number of rotatable bonds is 5. The predicted octanol–water partition coefficient (Wildman–Crippen LogP) is 3.25. The molecule has 2 aromatic rings. The topological polar surface area (TPSA) is 29.9 Å². The van der Waals surface area contributed by atoms with E-state index in [4.69, 9.17) is 0 Å². The highest BCUT2D eigenvalue weighted by Gasteiger charge is 2.19. The van der Waals surface area contributed by atoms with E-state index in [1.165, 1.54) is 36.1 Å². The van der Waals surface area contributed by atoms with Crippen molar-refractivity contribution < 1.29 is 0 Å². The highest BCUT2D eigenvalue weighted by atomic mass is 32.1. The van der Waals surface area contributed by atoms with E-state index in [-0.39, 0.29) is 0 Å². The van der Waals surface area contributed by atoms with Crippen molar-refractivity contribution in [1.29, 1.82) is 0 Å². The second-order valence-corrected chi connectivity index (χ2v) is 6.81. The minimum absolute atomic E-state index is 0.430. The standard InChI is InChI=1S/C16H23N3S/c1-3-17-14(8-12-10-18-19(2)11-12)16-9-13-6-4-5-7-15(13)20-16/h9-11,14,17H,3-8H2,1-2H3. The van der Waals surface area contributed by atoms with E-state index in [1.54, 1.807) is 10.4 Å². The molecule has 1 N–H and O–H groups in total. The van der Waals surface area contributed by atoms with Crippen LogP contribution in [0.1, 0.15) is 46.7 Å². The Kier molecular flexibility index (Phi) is 4.22. The smallest absolute Gasteiger partial charge is 0.0522 e. The lowest BCUT2D eigenvalue weighted by Gasteiger charge is -2.15. The Hall–Kier alpha value is -1.13. The van der Waals surface area contributed by atoms with Crippen LogP contribution >= 0.6 is 11.3 Å². The van der Waals surface area contributed by atoms with Gasteiger partial charge >= 0.3 is 0 Å². The maximum absolute atomic E-state index is 4.28. The molecule has 0 saturated carbocycles. The Morgan fingerprint density at radius 3 is 2.95 bits per heavy atom. The zero-order chi connectivity index (χ0) is 13.9. The third kappa shape index (κ3) is 2.96. The van der Waals surface area contributed by atoms with Crippen LogP contribution in [-0.4, -0.2) is 16.3 Å². The highest BCUT2D eigenvalue weighted by molar-refractivity contribution is 7.12. The summed E-state index contributed by atoms with van der Waals surface area (Å²) < 4.78 is 1.89. The number of aromatic nitrogens is 2. The van der Waals surface area contributed by atoms with E-state index in [0.29, 0.717) is 6.04 Å². The first-order chi connectivity index (χ1) is 9.76. The van der Waals surface area contributed by atoms with E-state index >= 15 is 0 Å². The maximum atomic E-state index is 4.28. The van der Waals surface area contributed by atoms with E-state index in [0.717, 1.165) is 13.0 Å². The van der Waals surface area contributed by atoms with Gasteiger partial charge in [0.25, 0.3) is 0 Å². The first-order valence-corrected chi connectivity index (χ1v) is 8.40. The molecule has 3 rings (SSSR count). The molecule has 108 valence electrons. The van der Waals surface area contributed by atoms with Crippen LogP contribution in [0, 0.1) is 0 Å². The van der Waals surface area contributed by atoms with Crippen LogP contribution in [0.15, 0.2) is 18.5 Å². The van der Waals surface area contributed by atoms with Gasteiger partial charge in [0.2, 0.25) is 0 Å². The minimum Gasteiger partial charge on any atom is -0.309 e. The second-order valence-electron chi connectivity index (χ2n) is 5.64. The number of aryl methyl sites for hydroxylation is 3. The normalized spacial score (nSPS) is 16.1. The molecule has 4 heteroatoms. The number of hydrogen-bond donors (Lipinski definition) is 1. The number of likely N-dealkylation sites (N-methyl/N-ethyl adjacent to an activating group) is 1. The molecule has 3 nitrogen and oxygen atoms in total. The molecule has 0 spiro atoms. The van der Waals surface area contributed by atoms with Crippen molar-refractivity contribution in [3.63, 3.8) is 0 Å². The van der Waals surface area contributed by atoms with E-state index in [1.807, 2.05) is 29.3 Å². The summed E-state index contributed by atoms with van der Waals surface area (Å²) >= 11 is 2.02. The van der Waals surface area contributed by atoms with Gasteiger partial charge in [0.05, 0.1) is 6.20 Å². The summed E-state index contributed by atoms with van der Waals surface area (Å²) in [6, 6.07) is 2.88. The van der Waals surface area contributed by atoms with Gasteiger partial charge in [-0.15, -0.1) is 11.3 Å². The first-order valence-electron chi connectivity index (χ1n) is 7.58. The van der Waals surface area contributed by atoms with Crippen molar-refractivity contribution in [2.75, 3.05) is 6.54 Å². The Labute approximate surface area is 125 Å². The molecular formula is C16H23N3S. The van der Waals surface area contributed by atoms with Crippen LogP contribution in [0.25, 0.3) is 0 Å². The van der Waals surface area contributed by atoms with Gasteiger partial charge < -0.3 is 5.32 Å². The quantitative estimate of drug-likeness (QED) is 0.915. The molecule has 1 atom stereocenters. The molecule has 0 saturated heterocycles. The maximum Gasteiger partial charge on any atom is 0.0522 e. The van der Waals surface area contributed by atoms with Gasteiger partial charge in [-0.25, -0.2) is 0 Å². The van der Waals surface area contributed by atoms with Gasteiger partial charge in [0.15, 0.2) is 0 Å². The van der Waals surface area contributed by atoms with Gasteiger partial charge in [-0.05, 0) is 55.8 Å². The van der Waals surface area contributed by atoms with Crippen LogP contribution in [0.2, 0.25) is 0 Å². The van der Waals surface area contributed by atoms with E-state index in [9.17, 15) is 0 Å². The number of nitrogens with zero attached hydrogens (tertiary/aromatic N) is 2. The molecule has 1 unspecified atom stereocenters. The Balaban J connectivity index is 1.80. The molecule has 0 aromatic carbocycles.